The van der Waals surface area contributed by atoms with Crippen LogP contribution in [0.1, 0.15) is 15.9 Å². The summed E-state index contributed by atoms with van der Waals surface area (Å²) in [4.78, 5) is 25.6. The zero-order chi connectivity index (χ0) is 24.9. The van der Waals surface area contributed by atoms with E-state index < -0.39 is 11.9 Å². The Labute approximate surface area is 207 Å². The van der Waals surface area contributed by atoms with Crippen LogP contribution in [-0.2, 0) is 4.79 Å². The van der Waals surface area contributed by atoms with Crippen LogP contribution in [0.2, 0.25) is 0 Å². The van der Waals surface area contributed by atoms with Crippen molar-refractivity contribution in [2.24, 2.45) is 0 Å². The van der Waals surface area contributed by atoms with Crippen molar-refractivity contribution in [1.29, 1.82) is 5.26 Å². The van der Waals surface area contributed by atoms with Crippen LogP contribution in [-0.4, -0.2) is 11.9 Å². The topological polar surface area (TPSA) is 79.2 Å². The van der Waals surface area contributed by atoms with E-state index in [4.69, 9.17) is 4.74 Å². The van der Waals surface area contributed by atoms with E-state index in [1.54, 1.807) is 36.4 Å². The molecule has 0 unspecified atom stereocenters. The number of esters is 1. The molecule has 36 heavy (non-hydrogen) atoms. The van der Waals surface area contributed by atoms with Gasteiger partial charge in [0.15, 0.2) is 0 Å². The van der Waals surface area contributed by atoms with Gasteiger partial charge in [0.05, 0.1) is 5.56 Å². The summed E-state index contributed by atoms with van der Waals surface area (Å²) < 4.78 is 5.56. The number of amides is 1. The average Bonchev–Trinajstić information content (AvgIpc) is 2.92. The molecule has 0 fully saturated rings. The summed E-state index contributed by atoms with van der Waals surface area (Å²) >= 11 is 0. The molecule has 5 heteroatoms. The van der Waals surface area contributed by atoms with Gasteiger partial charge in [0.25, 0.3) is 5.91 Å². The van der Waals surface area contributed by atoms with E-state index in [-0.39, 0.29) is 5.57 Å². The van der Waals surface area contributed by atoms with E-state index in [9.17, 15) is 14.9 Å². The number of nitrogens with one attached hydrogen (secondary N) is 1. The van der Waals surface area contributed by atoms with Crippen LogP contribution in [0.15, 0.2) is 115 Å². The highest BCUT2D eigenvalue weighted by molar-refractivity contribution is 6.13. The van der Waals surface area contributed by atoms with Gasteiger partial charge in [0, 0.05) is 11.1 Å². The molecule has 0 heterocycles. The second kappa shape index (κ2) is 9.96. The fourth-order valence-corrected chi connectivity index (χ4v) is 4.04. The minimum atomic E-state index is -0.500. The quantitative estimate of drug-likeness (QED) is 0.134. The molecule has 1 amide bonds. The lowest BCUT2D eigenvalue weighted by atomic mass is 10.0. The third-order valence-corrected chi connectivity index (χ3v) is 5.81. The second-order valence-corrected chi connectivity index (χ2v) is 8.14. The van der Waals surface area contributed by atoms with Gasteiger partial charge in [-0.15, -0.1) is 0 Å². The number of rotatable bonds is 5. The number of fused-ring (bicyclic) bond motifs is 2. The van der Waals surface area contributed by atoms with Gasteiger partial charge in [-0.2, -0.15) is 5.26 Å². The molecule has 172 valence electrons. The molecule has 0 saturated heterocycles. The van der Waals surface area contributed by atoms with Crippen molar-refractivity contribution in [3.63, 3.8) is 0 Å². The molecule has 0 aliphatic carbocycles. The number of anilines is 1. The Morgan fingerprint density at radius 3 is 2.06 bits per heavy atom. The number of carbonyl (C=O) groups excluding carboxylic acids is 2. The molecule has 0 aliphatic rings. The van der Waals surface area contributed by atoms with Gasteiger partial charge < -0.3 is 10.1 Å². The molecule has 0 atom stereocenters. The van der Waals surface area contributed by atoms with Gasteiger partial charge in [-0.25, -0.2) is 4.79 Å². The normalized spacial score (nSPS) is 11.1. The van der Waals surface area contributed by atoms with Gasteiger partial charge in [0.1, 0.15) is 17.4 Å². The number of carbonyl (C=O) groups is 2. The zero-order valence-electron chi connectivity index (χ0n) is 19.1. The average molecular weight is 469 g/mol. The Hall–Kier alpha value is -5.21. The van der Waals surface area contributed by atoms with Crippen LogP contribution in [0.3, 0.4) is 0 Å². The largest absolute Gasteiger partial charge is 0.423 e. The maximum absolute atomic E-state index is 12.8. The third-order valence-electron chi connectivity index (χ3n) is 5.81. The maximum atomic E-state index is 12.8. The molecule has 5 nitrogen and oxygen atoms in total. The highest BCUT2D eigenvalue weighted by Crippen LogP contribution is 2.24. The van der Waals surface area contributed by atoms with Gasteiger partial charge in [-0.1, -0.05) is 84.9 Å². The smallest absolute Gasteiger partial charge is 0.344 e. The van der Waals surface area contributed by atoms with E-state index in [1.165, 1.54) is 6.08 Å². The zero-order valence-corrected chi connectivity index (χ0v) is 19.1. The summed E-state index contributed by atoms with van der Waals surface area (Å²) in [6, 6.07) is 35.0. The van der Waals surface area contributed by atoms with Gasteiger partial charge in [-0.3, -0.25) is 4.79 Å². The molecular formula is C31H20N2O3. The highest BCUT2D eigenvalue weighted by Gasteiger charge is 2.13. The van der Waals surface area contributed by atoms with E-state index in [2.05, 4.69) is 5.32 Å². The summed E-state index contributed by atoms with van der Waals surface area (Å²) in [6.45, 7) is 0. The van der Waals surface area contributed by atoms with Crippen molar-refractivity contribution < 1.29 is 14.3 Å². The molecule has 5 aromatic rings. The van der Waals surface area contributed by atoms with Crippen LogP contribution in [0.5, 0.6) is 5.75 Å². The molecule has 5 rings (SSSR count). The first kappa shape index (κ1) is 22.6. The van der Waals surface area contributed by atoms with Crippen molar-refractivity contribution in [2.75, 3.05) is 5.32 Å². The second-order valence-electron chi connectivity index (χ2n) is 8.14. The first-order valence-corrected chi connectivity index (χ1v) is 11.3. The Bertz CT molecular complexity index is 1670. The molecule has 0 aliphatic heterocycles. The summed E-state index contributed by atoms with van der Waals surface area (Å²) in [5, 5.41) is 16.1. The predicted molar refractivity (Wildman–Crippen MR) is 142 cm³/mol. The monoisotopic (exact) mass is 468 g/mol. The number of nitriles is 1. The minimum absolute atomic E-state index is 0.0385. The van der Waals surface area contributed by atoms with E-state index in [0.717, 1.165) is 21.5 Å². The summed E-state index contributed by atoms with van der Waals surface area (Å²) in [5.41, 5.74) is 1.71. The standard InChI is InChI=1S/C31H20N2O3/c32-20-24(30(34)33-29-14-6-10-23-8-2-4-12-27(23)29)19-21-15-17-25(18-16-21)36-31(35)28-13-5-9-22-7-1-3-11-26(22)28/h1-19H,(H,33,34)/b24-19+. The Balaban J connectivity index is 1.32. The molecule has 0 radical (unpaired) electrons. The number of nitrogens with zero attached hydrogens (tertiary/aromatic N) is 1. The first-order chi connectivity index (χ1) is 17.6. The van der Waals surface area contributed by atoms with Gasteiger partial charge >= 0.3 is 5.97 Å². The Morgan fingerprint density at radius 2 is 1.33 bits per heavy atom. The van der Waals surface area contributed by atoms with Gasteiger partial charge in [0.2, 0.25) is 0 Å². The molecule has 0 aromatic heterocycles. The molecule has 0 spiro atoms. The van der Waals surface area contributed by atoms with Crippen molar-refractivity contribution in [1.82, 2.24) is 0 Å². The fraction of sp³-hybridized carbons (Fsp3) is 0. The summed E-state index contributed by atoms with van der Waals surface area (Å²) in [5.74, 6) is -0.591. The van der Waals surface area contributed by atoms with Crippen molar-refractivity contribution >= 4 is 45.2 Å². The van der Waals surface area contributed by atoms with Crippen LogP contribution in [0.25, 0.3) is 27.6 Å². The van der Waals surface area contributed by atoms with Crippen LogP contribution in [0, 0.1) is 11.3 Å². The van der Waals surface area contributed by atoms with E-state index in [0.29, 0.717) is 22.6 Å². The molecule has 0 bridgehead atoms. The number of hydrogen-bond donors (Lipinski definition) is 1. The van der Waals surface area contributed by atoms with Crippen molar-refractivity contribution in [3.8, 4) is 11.8 Å². The first-order valence-electron chi connectivity index (χ1n) is 11.3. The number of ether oxygens (including phenoxy) is 1. The predicted octanol–water partition coefficient (Wildman–Crippen LogP) is 6.76. The van der Waals surface area contributed by atoms with E-state index >= 15 is 0 Å². The Morgan fingerprint density at radius 1 is 0.722 bits per heavy atom. The van der Waals surface area contributed by atoms with Crippen LogP contribution in [0.4, 0.5) is 5.69 Å². The van der Waals surface area contributed by atoms with Crippen molar-refractivity contribution in [2.45, 2.75) is 0 Å². The van der Waals surface area contributed by atoms with Crippen molar-refractivity contribution in [3.05, 3.63) is 126 Å². The summed E-state index contributed by atoms with van der Waals surface area (Å²) in [7, 11) is 0. The summed E-state index contributed by atoms with van der Waals surface area (Å²) in [6.07, 6.45) is 1.50. The lowest BCUT2D eigenvalue weighted by Gasteiger charge is -2.09. The molecule has 1 N–H and O–H groups in total. The van der Waals surface area contributed by atoms with E-state index in [1.807, 2.05) is 78.9 Å². The Kier molecular flexibility index (Phi) is 6.25. The van der Waals surface area contributed by atoms with Gasteiger partial charge in [-0.05, 0) is 52.1 Å². The highest BCUT2D eigenvalue weighted by atomic mass is 16.5. The lowest BCUT2D eigenvalue weighted by molar-refractivity contribution is -0.112. The fourth-order valence-electron chi connectivity index (χ4n) is 4.04. The van der Waals surface area contributed by atoms with Crippen LogP contribution >= 0.6 is 0 Å². The minimum Gasteiger partial charge on any atom is -0.423 e. The van der Waals surface area contributed by atoms with Crippen LogP contribution < -0.4 is 10.1 Å². The SMILES string of the molecule is N#C/C(=C\c1ccc(OC(=O)c2cccc3ccccc23)cc1)C(=O)Nc1cccc2ccccc12. The maximum Gasteiger partial charge on any atom is 0.344 e. The molecule has 0 saturated carbocycles. The molecule has 5 aromatic carbocycles. The third kappa shape index (κ3) is 4.70. The number of hydrogen-bond acceptors (Lipinski definition) is 4. The lowest BCUT2D eigenvalue weighted by Crippen LogP contribution is -2.13. The molecular weight excluding hydrogens is 448 g/mol. The number of benzene rings is 5.